The molecule has 2 aromatic carbocycles. The first-order valence-corrected chi connectivity index (χ1v) is 14.0. The van der Waals surface area contributed by atoms with Gasteiger partial charge in [0.15, 0.2) is 0 Å². The first-order chi connectivity index (χ1) is 12.6. The summed E-state index contributed by atoms with van der Waals surface area (Å²) in [5, 5.41) is 2.93. The van der Waals surface area contributed by atoms with E-state index in [1.807, 2.05) is 0 Å². The zero-order valence-corrected chi connectivity index (χ0v) is 20.8. The zero-order valence-electron chi connectivity index (χ0n) is 19.0. The normalized spacial score (nSPS) is 12.7. The minimum absolute atomic E-state index is 0.00333. The summed E-state index contributed by atoms with van der Waals surface area (Å²) in [7, 11) is 0.0245. The Morgan fingerprint density at radius 2 is 1.19 bits per heavy atom. The molecular formula is C25H40P2. The molecule has 0 aliphatic carbocycles. The second-order valence-corrected chi connectivity index (χ2v) is 15.9. The zero-order chi connectivity index (χ0) is 20.3. The van der Waals surface area contributed by atoms with Crippen LogP contribution in [0.1, 0.15) is 72.1 Å². The Morgan fingerprint density at radius 3 is 1.70 bits per heavy atom. The maximum Gasteiger partial charge on any atom is -0.00596 e. The van der Waals surface area contributed by atoms with Crippen molar-refractivity contribution in [3.63, 3.8) is 0 Å². The summed E-state index contributed by atoms with van der Waals surface area (Å²) >= 11 is 0. The van der Waals surface area contributed by atoms with Crippen molar-refractivity contribution in [2.45, 2.75) is 97.3 Å². The van der Waals surface area contributed by atoms with E-state index in [0.717, 1.165) is 22.6 Å². The first kappa shape index (κ1) is 22.8. The third kappa shape index (κ3) is 5.55. The Kier molecular flexibility index (Phi) is 8.34. The number of hydrogen-bond acceptors (Lipinski definition) is 0. The first-order valence-electron chi connectivity index (χ1n) is 10.6. The highest BCUT2D eigenvalue weighted by Gasteiger charge is 2.23. The van der Waals surface area contributed by atoms with Crippen molar-refractivity contribution in [2.24, 2.45) is 0 Å². The van der Waals surface area contributed by atoms with Gasteiger partial charge in [-0.1, -0.05) is 102 Å². The van der Waals surface area contributed by atoms with Crippen molar-refractivity contribution >= 4 is 26.6 Å². The van der Waals surface area contributed by atoms with E-state index in [-0.39, 0.29) is 15.8 Å². The third-order valence-corrected chi connectivity index (χ3v) is 12.6. The molecule has 2 rings (SSSR count). The maximum absolute atomic E-state index is 2.50. The van der Waals surface area contributed by atoms with Crippen molar-refractivity contribution in [2.75, 3.05) is 0 Å². The molecule has 0 amide bonds. The molecule has 0 bridgehead atoms. The average Bonchev–Trinajstić information content (AvgIpc) is 2.57. The van der Waals surface area contributed by atoms with Gasteiger partial charge in [-0.2, -0.15) is 0 Å². The summed E-state index contributed by atoms with van der Waals surface area (Å²) in [6.45, 7) is 21.8. The van der Waals surface area contributed by atoms with E-state index < -0.39 is 0 Å². The van der Waals surface area contributed by atoms with E-state index in [1.54, 1.807) is 16.7 Å². The number of rotatable bonds is 8. The van der Waals surface area contributed by atoms with Gasteiger partial charge < -0.3 is 0 Å². The van der Waals surface area contributed by atoms with Crippen LogP contribution in [0.4, 0.5) is 0 Å². The smallest absolute Gasteiger partial charge is 0.00596 e. The summed E-state index contributed by atoms with van der Waals surface area (Å²) in [4.78, 5) is 0. The second kappa shape index (κ2) is 9.85. The van der Waals surface area contributed by atoms with Gasteiger partial charge in [0, 0.05) is 0 Å². The van der Waals surface area contributed by atoms with Crippen LogP contribution in [-0.4, -0.2) is 22.6 Å². The average molecular weight is 403 g/mol. The Bertz CT molecular complexity index is 727. The Morgan fingerprint density at radius 1 is 0.704 bits per heavy atom. The molecule has 0 fully saturated rings. The molecule has 0 heterocycles. The molecule has 0 aliphatic heterocycles. The van der Waals surface area contributed by atoms with Crippen LogP contribution in [0.3, 0.4) is 0 Å². The molecule has 0 radical (unpaired) electrons. The number of hydrogen-bond donors (Lipinski definition) is 0. The highest BCUT2D eigenvalue weighted by Crippen LogP contribution is 2.53. The van der Waals surface area contributed by atoms with Crippen LogP contribution in [0.2, 0.25) is 0 Å². The third-order valence-electron chi connectivity index (χ3n) is 5.90. The fraction of sp³-hybridized carbons (Fsp3) is 0.600. The van der Waals surface area contributed by atoms with Crippen LogP contribution in [0.5, 0.6) is 0 Å². The number of fused-ring (bicyclic) bond motifs is 1. The molecule has 0 saturated heterocycles. The van der Waals surface area contributed by atoms with Crippen LogP contribution in [0.15, 0.2) is 30.3 Å². The van der Waals surface area contributed by atoms with E-state index in [0.29, 0.717) is 0 Å². The Balaban J connectivity index is 2.56. The van der Waals surface area contributed by atoms with Gasteiger partial charge >= 0.3 is 0 Å². The Hall–Kier alpha value is -0.440. The van der Waals surface area contributed by atoms with Crippen LogP contribution < -0.4 is 0 Å². The van der Waals surface area contributed by atoms with Crippen molar-refractivity contribution < 1.29 is 0 Å². The second-order valence-electron chi connectivity index (χ2n) is 9.08. The fourth-order valence-corrected chi connectivity index (χ4v) is 9.60. The summed E-state index contributed by atoms with van der Waals surface area (Å²) in [6, 6.07) is 11.6. The Labute approximate surface area is 171 Å². The predicted octanol–water partition coefficient (Wildman–Crippen LogP) is 8.75. The molecule has 2 heteroatoms. The van der Waals surface area contributed by atoms with E-state index in [1.165, 1.54) is 23.1 Å². The minimum Gasteiger partial charge on any atom is -0.0969 e. The molecular weight excluding hydrogens is 362 g/mol. The summed E-state index contributed by atoms with van der Waals surface area (Å²) in [5.74, 6) is 0. The van der Waals surface area contributed by atoms with Gasteiger partial charge in [0.25, 0.3) is 0 Å². The highest BCUT2D eigenvalue weighted by molar-refractivity contribution is 7.58. The van der Waals surface area contributed by atoms with Crippen molar-refractivity contribution in [1.29, 1.82) is 0 Å². The molecule has 150 valence electrons. The lowest BCUT2D eigenvalue weighted by Crippen LogP contribution is -2.09. The lowest BCUT2D eigenvalue weighted by molar-refractivity contribution is 0.989. The molecule has 0 nitrogen and oxygen atoms in total. The van der Waals surface area contributed by atoms with Crippen LogP contribution in [0.25, 0.3) is 10.8 Å². The minimum atomic E-state index is 0.00333. The van der Waals surface area contributed by atoms with Gasteiger partial charge in [0.2, 0.25) is 0 Å². The van der Waals surface area contributed by atoms with Crippen LogP contribution in [0, 0.1) is 6.92 Å². The maximum atomic E-state index is 2.50. The number of benzene rings is 2. The predicted molar refractivity (Wildman–Crippen MR) is 130 cm³/mol. The van der Waals surface area contributed by atoms with E-state index in [2.05, 4.69) is 92.6 Å². The largest absolute Gasteiger partial charge is 0.0969 e. The quantitative estimate of drug-likeness (QED) is 0.387. The molecule has 2 aromatic rings. The lowest BCUT2D eigenvalue weighted by Gasteiger charge is -2.30. The molecule has 0 spiro atoms. The summed E-state index contributed by atoms with van der Waals surface area (Å²) in [6.07, 6.45) is 2.54. The molecule has 0 aliphatic rings. The van der Waals surface area contributed by atoms with Gasteiger partial charge in [-0.05, 0) is 69.3 Å². The van der Waals surface area contributed by atoms with E-state index in [4.69, 9.17) is 0 Å². The molecule has 0 N–H and O–H groups in total. The van der Waals surface area contributed by atoms with Crippen molar-refractivity contribution in [1.82, 2.24) is 0 Å². The van der Waals surface area contributed by atoms with Crippen LogP contribution >= 0.6 is 15.8 Å². The standard InChI is InChI=1S/C25H40P2/c1-17(2)26(18(3)4)15-23-14-22-12-10-11-13-24(22)25(21(23)9)16-27(19(5)6)20(7)8/h10-14,17-20H,15-16H2,1-9H3. The van der Waals surface area contributed by atoms with E-state index in [9.17, 15) is 0 Å². The van der Waals surface area contributed by atoms with Gasteiger partial charge in [-0.3, -0.25) is 0 Å². The van der Waals surface area contributed by atoms with Gasteiger partial charge in [0.1, 0.15) is 0 Å². The summed E-state index contributed by atoms with van der Waals surface area (Å²) < 4.78 is 0. The summed E-state index contributed by atoms with van der Waals surface area (Å²) in [5.41, 5.74) is 7.97. The van der Waals surface area contributed by atoms with Gasteiger partial charge in [-0.15, -0.1) is 0 Å². The molecule has 0 atom stereocenters. The van der Waals surface area contributed by atoms with Crippen molar-refractivity contribution in [3.05, 3.63) is 47.0 Å². The van der Waals surface area contributed by atoms with Gasteiger partial charge in [-0.25, -0.2) is 0 Å². The molecule has 0 saturated carbocycles. The van der Waals surface area contributed by atoms with E-state index >= 15 is 0 Å². The highest BCUT2D eigenvalue weighted by atomic mass is 31.1. The molecule has 0 unspecified atom stereocenters. The molecule has 27 heavy (non-hydrogen) atoms. The topological polar surface area (TPSA) is 0 Å². The molecule has 0 aromatic heterocycles. The SMILES string of the molecule is Cc1c(CP(C(C)C)C(C)C)cc2ccccc2c1CP(C(C)C)C(C)C. The fourth-order valence-electron chi connectivity index (χ4n) is 4.26. The van der Waals surface area contributed by atoms with Gasteiger partial charge in [0.05, 0.1) is 0 Å². The van der Waals surface area contributed by atoms with Crippen molar-refractivity contribution in [3.8, 4) is 0 Å². The van der Waals surface area contributed by atoms with Crippen LogP contribution in [-0.2, 0) is 12.3 Å². The monoisotopic (exact) mass is 402 g/mol. The lowest BCUT2D eigenvalue weighted by atomic mass is 9.96.